The molecule has 1 heterocycles. The van der Waals surface area contributed by atoms with Crippen molar-refractivity contribution in [1.29, 1.82) is 0 Å². The summed E-state index contributed by atoms with van der Waals surface area (Å²) in [5.41, 5.74) is 0.724. The van der Waals surface area contributed by atoms with Gasteiger partial charge in [0.05, 0.1) is 6.04 Å². The Bertz CT molecular complexity index is 1000. The van der Waals surface area contributed by atoms with Crippen LogP contribution in [-0.4, -0.2) is 35.8 Å². The molecule has 30 heavy (non-hydrogen) atoms. The van der Waals surface area contributed by atoms with E-state index in [1.165, 1.54) is 5.56 Å². The maximum absolute atomic E-state index is 12.9. The molecule has 4 heteroatoms. The molecule has 2 atom stereocenters. The van der Waals surface area contributed by atoms with E-state index < -0.39 is 5.60 Å². The van der Waals surface area contributed by atoms with Crippen molar-refractivity contribution >= 4 is 16.9 Å². The second-order valence-corrected chi connectivity index (χ2v) is 8.92. The Morgan fingerprint density at radius 3 is 2.43 bits per heavy atom. The van der Waals surface area contributed by atoms with Crippen molar-refractivity contribution in [1.82, 2.24) is 4.90 Å². The Kier molecular flexibility index (Phi) is 5.67. The zero-order chi connectivity index (χ0) is 21.1. The summed E-state index contributed by atoms with van der Waals surface area (Å²) >= 11 is 0. The Balaban J connectivity index is 1.54. The number of fused-ring (bicyclic) bond motifs is 1. The second-order valence-electron chi connectivity index (χ2n) is 8.92. The number of carbonyl (C=O) groups excluding carboxylic acids is 1. The van der Waals surface area contributed by atoms with Crippen LogP contribution in [0.4, 0.5) is 4.79 Å². The second kappa shape index (κ2) is 8.39. The predicted molar refractivity (Wildman–Crippen MR) is 120 cm³/mol. The van der Waals surface area contributed by atoms with Crippen LogP contribution in [0.15, 0.2) is 72.8 Å². The van der Waals surface area contributed by atoms with Crippen LogP contribution >= 0.6 is 0 Å². The fourth-order valence-electron chi connectivity index (χ4n) is 4.09. The Labute approximate surface area is 178 Å². The maximum Gasteiger partial charge on any atom is 0.410 e. The number of carbonyl (C=O) groups is 1. The summed E-state index contributed by atoms with van der Waals surface area (Å²) in [6.07, 6.45) is 0.584. The first kappa shape index (κ1) is 20.3. The van der Waals surface area contributed by atoms with E-state index in [0.29, 0.717) is 13.2 Å². The summed E-state index contributed by atoms with van der Waals surface area (Å²) < 4.78 is 11.9. The Morgan fingerprint density at radius 2 is 1.67 bits per heavy atom. The average molecular weight is 404 g/mol. The van der Waals surface area contributed by atoms with Gasteiger partial charge in [-0.15, -0.1) is 0 Å². The molecule has 3 aromatic carbocycles. The van der Waals surface area contributed by atoms with Gasteiger partial charge in [0.2, 0.25) is 0 Å². The lowest BCUT2D eigenvalue weighted by atomic mass is 9.97. The van der Waals surface area contributed by atoms with Gasteiger partial charge < -0.3 is 14.4 Å². The van der Waals surface area contributed by atoms with Crippen molar-refractivity contribution in [2.45, 2.75) is 44.8 Å². The van der Waals surface area contributed by atoms with Crippen LogP contribution in [0.25, 0.3) is 10.8 Å². The zero-order valence-corrected chi connectivity index (χ0v) is 17.9. The van der Waals surface area contributed by atoms with E-state index in [1.807, 2.05) is 68.1 Å². The molecule has 4 nitrogen and oxygen atoms in total. The normalized spacial score (nSPS) is 19.1. The van der Waals surface area contributed by atoms with Gasteiger partial charge in [0.25, 0.3) is 0 Å². The number of hydrogen-bond donors (Lipinski definition) is 0. The van der Waals surface area contributed by atoms with Crippen LogP contribution in [-0.2, 0) is 4.74 Å². The lowest BCUT2D eigenvalue weighted by molar-refractivity contribution is 0.0186. The van der Waals surface area contributed by atoms with Gasteiger partial charge >= 0.3 is 6.09 Å². The minimum absolute atomic E-state index is 0.0379. The largest absolute Gasteiger partial charge is 0.491 e. The van der Waals surface area contributed by atoms with Crippen molar-refractivity contribution in [3.8, 4) is 5.75 Å². The van der Waals surface area contributed by atoms with Crippen molar-refractivity contribution in [3.63, 3.8) is 0 Å². The van der Waals surface area contributed by atoms with Crippen molar-refractivity contribution < 1.29 is 14.3 Å². The smallest absolute Gasteiger partial charge is 0.410 e. The quantitative estimate of drug-likeness (QED) is 0.535. The average Bonchev–Trinajstić information content (AvgIpc) is 3.16. The molecule has 0 radical (unpaired) electrons. The number of likely N-dealkylation sites (tertiary alicyclic amines) is 1. The van der Waals surface area contributed by atoms with Crippen LogP contribution < -0.4 is 4.74 Å². The van der Waals surface area contributed by atoms with Gasteiger partial charge in [-0.1, -0.05) is 66.7 Å². The number of rotatable bonds is 4. The molecule has 0 aromatic heterocycles. The lowest BCUT2D eigenvalue weighted by Crippen LogP contribution is -2.42. The summed E-state index contributed by atoms with van der Waals surface area (Å²) in [6, 6.07) is 24.6. The highest BCUT2D eigenvalue weighted by Gasteiger charge is 2.38. The van der Waals surface area contributed by atoms with Crippen molar-refractivity contribution in [2.75, 3.05) is 13.2 Å². The van der Waals surface area contributed by atoms with Gasteiger partial charge in [0, 0.05) is 17.8 Å². The molecule has 0 spiro atoms. The van der Waals surface area contributed by atoms with Gasteiger partial charge in [0.1, 0.15) is 18.0 Å². The molecule has 4 rings (SSSR count). The molecule has 0 bridgehead atoms. The fraction of sp³-hybridized carbons (Fsp3) is 0.346. The van der Waals surface area contributed by atoms with E-state index in [1.54, 1.807) is 0 Å². The summed E-state index contributed by atoms with van der Waals surface area (Å²) in [5.74, 6) is 1.13. The fourth-order valence-corrected chi connectivity index (χ4v) is 4.09. The van der Waals surface area contributed by atoms with Gasteiger partial charge in [-0.05, 0) is 44.2 Å². The molecule has 1 aliphatic heterocycles. The van der Waals surface area contributed by atoms with E-state index in [9.17, 15) is 4.79 Å². The van der Waals surface area contributed by atoms with Gasteiger partial charge in [-0.25, -0.2) is 4.79 Å². The van der Waals surface area contributed by atoms with Crippen LogP contribution in [0.5, 0.6) is 5.75 Å². The third-order valence-electron chi connectivity index (χ3n) is 5.49. The number of ether oxygens (including phenoxy) is 2. The first-order valence-electron chi connectivity index (χ1n) is 10.6. The van der Waals surface area contributed by atoms with Crippen LogP contribution in [0.3, 0.4) is 0 Å². The number of benzene rings is 3. The first-order valence-corrected chi connectivity index (χ1v) is 10.6. The number of amides is 1. The molecular formula is C26H29NO3. The predicted octanol–water partition coefficient (Wildman–Crippen LogP) is 6.01. The monoisotopic (exact) mass is 403 g/mol. The van der Waals surface area contributed by atoms with E-state index in [0.717, 1.165) is 22.9 Å². The van der Waals surface area contributed by atoms with Crippen LogP contribution in [0, 0.1) is 0 Å². The SMILES string of the molecule is CC(C)(C)OC(=O)N1C[C@@H](c2ccccc2)C[C@H]1COc1cccc2ccccc12. The summed E-state index contributed by atoms with van der Waals surface area (Å²) in [6.45, 7) is 6.78. The van der Waals surface area contributed by atoms with Gasteiger partial charge in [-0.2, -0.15) is 0 Å². The maximum atomic E-state index is 12.9. The molecule has 0 unspecified atom stereocenters. The Morgan fingerprint density at radius 1 is 0.967 bits per heavy atom. The lowest BCUT2D eigenvalue weighted by Gasteiger charge is -2.28. The summed E-state index contributed by atoms with van der Waals surface area (Å²) in [7, 11) is 0. The topological polar surface area (TPSA) is 38.8 Å². The highest BCUT2D eigenvalue weighted by molar-refractivity contribution is 5.88. The molecule has 1 amide bonds. The van der Waals surface area contributed by atoms with Crippen molar-refractivity contribution in [3.05, 3.63) is 78.4 Å². The first-order chi connectivity index (χ1) is 14.4. The minimum Gasteiger partial charge on any atom is -0.491 e. The van der Waals surface area contributed by atoms with Crippen LogP contribution in [0.2, 0.25) is 0 Å². The molecule has 0 N–H and O–H groups in total. The van der Waals surface area contributed by atoms with Crippen LogP contribution in [0.1, 0.15) is 38.7 Å². The number of hydrogen-bond acceptors (Lipinski definition) is 3. The summed E-state index contributed by atoms with van der Waals surface area (Å²) in [5, 5.41) is 2.23. The van der Waals surface area contributed by atoms with Gasteiger partial charge in [-0.3, -0.25) is 0 Å². The molecule has 1 fully saturated rings. The molecule has 156 valence electrons. The van der Waals surface area contributed by atoms with E-state index in [4.69, 9.17) is 9.47 Å². The minimum atomic E-state index is -0.525. The highest BCUT2D eigenvalue weighted by atomic mass is 16.6. The van der Waals surface area contributed by atoms with E-state index in [2.05, 4.69) is 30.3 Å². The van der Waals surface area contributed by atoms with Crippen molar-refractivity contribution in [2.24, 2.45) is 0 Å². The molecule has 0 aliphatic carbocycles. The summed E-state index contributed by atoms with van der Waals surface area (Å²) in [4.78, 5) is 14.8. The molecular weight excluding hydrogens is 374 g/mol. The third kappa shape index (κ3) is 4.59. The standard InChI is InChI=1S/C26H29NO3/c1-26(2,3)30-25(28)27-17-21(19-10-5-4-6-11-19)16-22(27)18-29-24-15-9-13-20-12-7-8-14-23(20)24/h4-15,21-22H,16-18H2,1-3H3/t21-,22-/m0/s1. The van der Waals surface area contributed by atoms with E-state index >= 15 is 0 Å². The molecule has 3 aromatic rings. The zero-order valence-electron chi connectivity index (χ0n) is 17.9. The van der Waals surface area contributed by atoms with Gasteiger partial charge in [0.15, 0.2) is 0 Å². The molecule has 0 saturated carbocycles. The van der Waals surface area contributed by atoms with E-state index in [-0.39, 0.29) is 18.1 Å². The highest BCUT2D eigenvalue weighted by Crippen LogP contribution is 2.34. The molecule has 1 aliphatic rings. The third-order valence-corrected chi connectivity index (χ3v) is 5.49. The number of nitrogens with zero attached hydrogens (tertiary/aromatic N) is 1. The Hall–Kier alpha value is -3.01. The molecule has 1 saturated heterocycles.